The molecule has 0 aromatic rings. The highest BCUT2D eigenvalue weighted by molar-refractivity contribution is 5.97. The van der Waals surface area contributed by atoms with Gasteiger partial charge in [-0.1, -0.05) is 149 Å². The van der Waals surface area contributed by atoms with Gasteiger partial charge in [-0.05, 0) is 5.92 Å². The van der Waals surface area contributed by atoms with E-state index >= 15 is 0 Å². The Labute approximate surface area is 177 Å². The van der Waals surface area contributed by atoms with Crippen LogP contribution in [0.3, 0.4) is 0 Å². The minimum Gasteiger partial charge on any atom is -0.431 e. The van der Waals surface area contributed by atoms with Crippen molar-refractivity contribution in [1.29, 1.82) is 0 Å². The molecule has 0 aliphatic carbocycles. The third-order valence-corrected chi connectivity index (χ3v) is 5.39. The highest BCUT2D eigenvalue weighted by Crippen LogP contribution is 2.15. The molecule has 0 aromatic carbocycles. The first-order valence-corrected chi connectivity index (χ1v) is 13.4. The van der Waals surface area contributed by atoms with Crippen molar-refractivity contribution < 1.29 is 4.43 Å². The molecule has 0 aliphatic rings. The molecule has 0 saturated carbocycles. The molecule has 0 fully saturated rings. The van der Waals surface area contributed by atoms with E-state index in [-0.39, 0.29) is 0 Å². The molecule has 0 amide bonds. The van der Waals surface area contributed by atoms with Gasteiger partial charge in [0.2, 0.25) is 0 Å². The molecule has 0 N–H and O–H groups in total. The van der Waals surface area contributed by atoms with E-state index < -0.39 is 0 Å². The van der Waals surface area contributed by atoms with Gasteiger partial charge in [-0.25, -0.2) is 0 Å². The maximum atomic E-state index is 4.39. The van der Waals surface area contributed by atoms with Gasteiger partial charge in [0.25, 0.3) is 0 Å². The summed E-state index contributed by atoms with van der Waals surface area (Å²) in [4.78, 5) is 0. The second-order valence-electron chi connectivity index (χ2n) is 8.95. The Balaban J connectivity index is 0. The van der Waals surface area contributed by atoms with Crippen molar-refractivity contribution in [2.75, 3.05) is 7.11 Å². The molecule has 0 atom stereocenters. The van der Waals surface area contributed by atoms with Gasteiger partial charge >= 0.3 is 0 Å². The van der Waals surface area contributed by atoms with Crippen LogP contribution < -0.4 is 0 Å². The smallest absolute Gasteiger partial charge is 0.145 e. The molecule has 0 rings (SSSR count). The monoisotopic (exact) mass is 400 g/mol. The van der Waals surface area contributed by atoms with Crippen molar-refractivity contribution in [2.45, 2.75) is 149 Å². The first kappa shape index (κ1) is 29.4. The zero-order valence-corrected chi connectivity index (χ0v) is 22.1. The Morgan fingerprint density at radius 3 is 0.963 bits per heavy atom. The predicted octanol–water partition coefficient (Wildman–Crippen LogP) is 8.38. The first-order valence-electron chi connectivity index (χ1n) is 12.6. The van der Waals surface area contributed by atoms with Gasteiger partial charge in [-0.15, -0.1) is 0 Å². The molecular formula is C25H56OSi. The van der Waals surface area contributed by atoms with Crippen LogP contribution in [0.5, 0.6) is 0 Å². The summed E-state index contributed by atoms with van der Waals surface area (Å²) in [5.74, 6) is 0.899. The van der Waals surface area contributed by atoms with Crippen LogP contribution in [0.25, 0.3) is 0 Å². The van der Waals surface area contributed by atoms with Gasteiger partial charge in [0.1, 0.15) is 10.5 Å². The van der Waals surface area contributed by atoms with Crippen molar-refractivity contribution in [2.24, 2.45) is 5.92 Å². The lowest BCUT2D eigenvalue weighted by molar-refractivity contribution is 0.460. The van der Waals surface area contributed by atoms with Crippen molar-refractivity contribution in [3.63, 3.8) is 0 Å². The Bertz CT molecular complexity index is 230. The zero-order valence-electron chi connectivity index (χ0n) is 20.1. The van der Waals surface area contributed by atoms with Crippen molar-refractivity contribution in [1.82, 2.24) is 0 Å². The van der Waals surface area contributed by atoms with Gasteiger partial charge in [0, 0.05) is 7.11 Å². The van der Waals surface area contributed by atoms with E-state index in [1.54, 1.807) is 7.11 Å². The van der Waals surface area contributed by atoms with Crippen molar-refractivity contribution in [3.8, 4) is 0 Å². The standard InChI is InChI=1S/C24H50.CH6OSi/c1-4-5-6-7-8-9-10-11-12-13-14-15-16-17-18-19-20-21-22-23-24(2)3;1-2-3/h24H,4-23H2,1-3H3;1,3H3. The maximum absolute atomic E-state index is 4.39. The van der Waals surface area contributed by atoms with Crippen molar-refractivity contribution >= 4 is 10.5 Å². The Morgan fingerprint density at radius 1 is 0.519 bits per heavy atom. The van der Waals surface area contributed by atoms with Gasteiger partial charge in [-0.2, -0.15) is 0 Å². The number of hydrogen-bond acceptors (Lipinski definition) is 1. The van der Waals surface area contributed by atoms with Crippen LogP contribution in [-0.2, 0) is 4.43 Å². The third-order valence-electron chi connectivity index (χ3n) is 5.39. The molecule has 0 aromatic heterocycles. The highest BCUT2D eigenvalue weighted by Gasteiger charge is 1.96. The number of hydrogen-bond donors (Lipinski definition) is 0. The highest BCUT2D eigenvalue weighted by atomic mass is 28.2. The van der Waals surface area contributed by atoms with Crippen LogP contribution in [0.1, 0.15) is 149 Å². The Hall–Kier alpha value is 0.177. The fraction of sp³-hybridized carbons (Fsp3) is 1.00. The van der Waals surface area contributed by atoms with Gasteiger partial charge in [0.05, 0.1) is 0 Å². The molecule has 27 heavy (non-hydrogen) atoms. The van der Waals surface area contributed by atoms with Gasteiger partial charge in [0.15, 0.2) is 0 Å². The van der Waals surface area contributed by atoms with E-state index in [0.717, 1.165) is 16.4 Å². The van der Waals surface area contributed by atoms with Crippen LogP contribution >= 0.6 is 0 Å². The third kappa shape index (κ3) is 34.1. The van der Waals surface area contributed by atoms with Crippen LogP contribution in [0.2, 0.25) is 0 Å². The lowest BCUT2D eigenvalue weighted by Gasteiger charge is -2.05. The summed E-state index contributed by atoms with van der Waals surface area (Å²) in [5.41, 5.74) is 0. The number of rotatable bonds is 20. The molecule has 2 heteroatoms. The molecule has 0 spiro atoms. The average molecular weight is 401 g/mol. The zero-order chi connectivity index (χ0) is 20.4. The minimum atomic E-state index is 0.869. The molecule has 0 saturated heterocycles. The lowest BCUT2D eigenvalue weighted by Crippen LogP contribution is -1.87. The van der Waals surface area contributed by atoms with E-state index in [1.165, 1.54) is 128 Å². The van der Waals surface area contributed by atoms with Crippen LogP contribution in [0.4, 0.5) is 0 Å². The minimum absolute atomic E-state index is 0.869. The number of unbranched alkanes of at least 4 members (excludes halogenated alkanes) is 18. The van der Waals surface area contributed by atoms with Crippen LogP contribution in [0, 0.1) is 5.92 Å². The van der Waals surface area contributed by atoms with E-state index in [4.69, 9.17) is 0 Å². The molecule has 0 radical (unpaired) electrons. The first-order chi connectivity index (χ1) is 13.2. The van der Waals surface area contributed by atoms with E-state index in [9.17, 15) is 0 Å². The van der Waals surface area contributed by atoms with Crippen LogP contribution in [-0.4, -0.2) is 17.6 Å². The summed E-state index contributed by atoms with van der Waals surface area (Å²) in [5, 5.41) is 0. The fourth-order valence-corrected chi connectivity index (χ4v) is 3.63. The average Bonchev–Trinajstić information content (AvgIpc) is 2.64. The summed E-state index contributed by atoms with van der Waals surface area (Å²) in [6.07, 6.45) is 29.5. The molecule has 1 nitrogen and oxygen atoms in total. The van der Waals surface area contributed by atoms with E-state index in [0.29, 0.717) is 0 Å². The second-order valence-corrected chi connectivity index (χ2v) is 9.77. The predicted molar refractivity (Wildman–Crippen MR) is 130 cm³/mol. The summed E-state index contributed by atoms with van der Waals surface area (Å²) in [6.45, 7) is 6.98. The topological polar surface area (TPSA) is 9.23 Å². The van der Waals surface area contributed by atoms with E-state index in [2.05, 4.69) is 25.2 Å². The maximum Gasteiger partial charge on any atom is 0.145 e. The summed E-state index contributed by atoms with van der Waals surface area (Å²) in [7, 11) is 2.56. The van der Waals surface area contributed by atoms with Gasteiger partial charge in [-0.3, -0.25) is 0 Å². The quantitative estimate of drug-likeness (QED) is 0.147. The molecular weight excluding hydrogens is 344 g/mol. The Kier molecular flexibility index (Phi) is 30.9. The fourth-order valence-electron chi connectivity index (χ4n) is 3.63. The van der Waals surface area contributed by atoms with Crippen molar-refractivity contribution in [3.05, 3.63) is 0 Å². The summed E-state index contributed by atoms with van der Waals surface area (Å²) < 4.78 is 4.39. The summed E-state index contributed by atoms with van der Waals surface area (Å²) >= 11 is 0. The van der Waals surface area contributed by atoms with Crippen LogP contribution in [0.15, 0.2) is 0 Å². The second kappa shape index (κ2) is 28.4. The largest absolute Gasteiger partial charge is 0.431 e. The molecule has 166 valence electrons. The Morgan fingerprint density at radius 2 is 0.741 bits per heavy atom. The normalized spacial score (nSPS) is 11.0. The molecule has 0 bridgehead atoms. The molecule has 0 unspecified atom stereocenters. The molecule has 0 aliphatic heterocycles. The SMILES string of the molecule is CCCCCCCCCCCCCCCCCCCCCC(C)C.CO[SiH3]. The lowest BCUT2D eigenvalue weighted by atomic mass is 10.0. The summed E-state index contributed by atoms with van der Waals surface area (Å²) in [6, 6.07) is 0. The van der Waals surface area contributed by atoms with Gasteiger partial charge < -0.3 is 4.43 Å². The van der Waals surface area contributed by atoms with E-state index in [1.807, 2.05) is 0 Å². The molecule has 0 heterocycles.